The van der Waals surface area contributed by atoms with Crippen molar-refractivity contribution in [1.82, 2.24) is 29.4 Å². The maximum Gasteiger partial charge on any atom is 0.343 e. The monoisotopic (exact) mass is 366 g/mol. The van der Waals surface area contributed by atoms with Gasteiger partial charge in [-0.05, 0) is 62.5 Å². The summed E-state index contributed by atoms with van der Waals surface area (Å²) in [5.74, 6) is 1.49. The summed E-state index contributed by atoms with van der Waals surface area (Å²) in [6.45, 7) is 5.79. The fourth-order valence-corrected chi connectivity index (χ4v) is 3.92. The van der Waals surface area contributed by atoms with Crippen LogP contribution in [0.2, 0.25) is 0 Å². The molecule has 142 valence electrons. The second kappa shape index (κ2) is 7.92. The van der Waals surface area contributed by atoms with Crippen molar-refractivity contribution in [3.05, 3.63) is 64.6 Å². The Balaban J connectivity index is 1.33. The van der Waals surface area contributed by atoms with Gasteiger partial charge in [-0.1, -0.05) is 12.1 Å². The molecule has 1 aliphatic rings. The number of aromatic amines is 1. The van der Waals surface area contributed by atoms with Gasteiger partial charge in [0, 0.05) is 31.9 Å². The summed E-state index contributed by atoms with van der Waals surface area (Å²) in [4.78, 5) is 14.2. The molecule has 7 heteroatoms. The molecule has 1 fully saturated rings. The second-order valence-corrected chi connectivity index (χ2v) is 7.23. The van der Waals surface area contributed by atoms with Crippen molar-refractivity contribution in [2.75, 3.05) is 13.1 Å². The molecule has 3 aromatic rings. The number of benzene rings is 1. The van der Waals surface area contributed by atoms with Crippen molar-refractivity contribution in [2.24, 2.45) is 5.92 Å². The lowest BCUT2D eigenvalue weighted by Gasteiger charge is -2.31. The van der Waals surface area contributed by atoms with Gasteiger partial charge < -0.3 is 0 Å². The predicted octanol–water partition coefficient (Wildman–Crippen LogP) is 2.23. The van der Waals surface area contributed by atoms with Crippen molar-refractivity contribution < 1.29 is 0 Å². The highest BCUT2D eigenvalue weighted by atomic mass is 16.1. The molecule has 0 saturated carbocycles. The number of rotatable bonds is 6. The van der Waals surface area contributed by atoms with E-state index in [0.29, 0.717) is 12.5 Å². The minimum atomic E-state index is -0.0954. The first-order valence-electron chi connectivity index (χ1n) is 9.68. The molecule has 1 saturated heterocycles. The van der Waals surface area contributed by atoms with E-state index in [9.17, 15) is 4.79 Å². The lowest BCUT2D eigenvalue weighted by atomic mass is 9.93. The average molecular weight is 366 g/mol. The SMILES string of the molecule is CCn1c(CC2CCN(Cc3cccc(-n4cccn4)c3)CC2)n[nH]c1=O. The van der Waals surface area contributed by atoms with E-state index >= 15 is 0 Å². The Kier molecular flexibility index (Phi) is 5.20. The molecule has 0 atom stereocenters. The summed E-state index contributed by atoms with van der Waals surface area (Å²) in [6, 6.07) is 10.5. The zero-order valence-corrected chi connectivity index (χ0v) is 15.7. The standard InChI is InChI=1S/C20H26N6O/c1-2-25-19(22-23-20(25)27)14-16-7-11-24(12-8-16)15-17-5-3-6-18(13-17)26-10-4-9-21-26/h3-6,9-10,13,16H,2,7-8,11-12,14-15H2,1H3,(H,23,27). The molecule has 2 aromatic heterocycles. The van der Waals surface area contributed by atoms with Crippen LogP contribution in [0, 0.1) is 5.92 Å². The van der Waals surface area contributed by atoms with Gasteiger partial charge in [0.05, 0.1) is 5.69 Å². The third-order valence-electron chi connectivity index (χ3n) is 5.42. The second-order valence-electron chi connectivity index (χ2n) is 7.23. The van der Waals surface area contributed by atoms with Crippen LogP contribution in [0.15, 0.2) is 47.5 Å². The normalized spacial score (nSPS) is 16.0. The van der Waals surface area contributed by atoms with Crippen LogP contribution in [-0.4, -0.2) is 42.5 Å². The van der Waals surface area contributed by atoms with Crippen LogP contribution in [-0.2, 0) is 19.5 Å². The zero-order chi connectivity index (χ0) is 18.6. The third-order valence-corrected chi connectivity index (χ3v) is 5.42. The van der Waals surface area contributed by atoms with Crippen LogP contribution in [0.3, 0.4) is 0 Å². The van der Waals surface area contributed by atoms with Crippen molar-refractivity contribution in [2.45, 2.75) is 39.3 Å². The summed E-state index contributed by atoms with van der Waals surface area (Å²) in [7, 11) is 0. The molecule has 1 aliphatic heterocycles. The number of hydrogen-bond acceptors (Lipinski definition) is 4. The van der Waals surface area contributed by atoms with Crippen LogP contribution in [0.25, 0.3) is 5.69 Å². The summed E-state index contributed by atoms with van der Waals surface area (Å²) in [5, 5.41) is 11.1. The Bertz CT molecular complexity index is 918. The number of H-pyrrole nitrogens is 1. The van der Waals surface area contributed by atoms with Gasteiger partial charge in [0.2, 0.25) is 0 Å². The molecule has 4 rings (SSSR count). The molecule has 0 spiro atoms. The predicted molar refractivity (Wildman–Crippen MR) is 104 cm³/mol. The van der Waals surface area contributed by atoms with Crippen molar-refractivity contribution in [1.29, 1.82) is 0 Å². The van der Waals surface area contributed by atoms with Crippen LogP contribution in [0.5, 0.6) is 0 Å². The average Bonchev–Trinajstić information content (AvgIpc) is 3.34. The number of piperidine rings is 1. The van der Waals surface area contributed by atoms with Crippen molar-refractivity contribution >= 4 is 0 Å². The van der Waals surface area contributed by atoms with E-state index in [1.807, 2.05) is 23.9 Å². The number of nitrogens with zero attached hydrogens (tertiary/aromatic N) is 5. The smallest absolute Gasteiger partial charge is 0.299 e. The first-order chi connectivity index (χ1) is 13.2. The molecule has 0 unspecified atom stereocenters. The Morgan fingerprint density at radius 2 is 2.07 bits per heavy atom. The molecular weight excluding hydrogens is 340 g/mol. The Hall–Kier alpha value is -2.67. The number of likely N-dealkylation sites (tertiary alicyclic amines) is 1. The maximum absolute atomic E-state index is 11.7. The highest BCUT2D eigenvalue weighted by molar-refractivity contribution is 5.35. The fraction of sp³-hybridized carbons (Fsp3) is 0.450. The van der Waals surface area contributed by atoms with E-state index in [0.717, 1.165) is 50.4 Å². The summed E-state index contributed by atoms with van der Waals surface area (Å²) < 4.78 is 3.64. The molecule has 27 heavy (non-hydrogen) atoms. The summed E-state index contributed by atoms with van der Waals surface area (Å²) in [6.07, 6.45) is 6.94. The molecule has 1 N–H and O–H groups in total. The van der Waals surface area contributed by atoms with Gasteiger partial charge in [-0.3, -0.25) is 9.47 Å². The molecule has 7 nitrogen and oxygen atoms in total. The van der Waals surface area contributed by atoms with E-state index in [2.05, 4.69) is 44.5 Å². The van der Waals surface area contributed by atoms with Gasteiger partial charge in [-0.2, -0.15) is 10.2 Å². The van der Waals surface area contributed by atoms with Crippen LogP contribution < -0.4 is 5.69 Å². The van der Waals surface area contributed by atoms with Gasteiger partial charge in [-0.25, -0.2) is 14.6 Å². The van der Waals surface area contributed by atoms with E-state index in [1.165, 1.54) is 5.56 Å². The first-order valence-corrected chi connectivity index (χ1v) is 9.68. The van der Waals surface area contributed by atoms with Crippen molar-refractivity contribution in [3.63, 3.8) is 0 Å². The third kappa shape index (κ3) is 4.03. The zero-order valence-electron chi connectivity index (χ0n) is 15.7. The van der Waals surface area contributed by atoms with E-state index < -0.39 is 0 Å². The van der Waals surface area contributed by atoms with Gasteiger partial charge in [0.1, 0.15) is 5.82 Å². The van der Waals surface area contributed by atoms with Gasteiger partial charge in [0.15, 0.2) is 0 Å². The minimum Gasteiger partial charge on any atom is -0.299 e. The lowest BCUT2D eigenvalue weighted by molar-refractivity contribution is 0.175. The van der Waals surface area contributed by atoms with E-state index in [4.69, 9.17) is 0 Å². The van der Waals surface area contributed by atoms with Gasteiger partial charge in [0.25, 0.3) is 0 Å². The van der Waals surface area contributed by atoms with E-state index in [1.54, 1.807) is 10.8 Å². The number of hydrogen-bond donors (Lipinski definition) is 1. The molecule has 0 amide bonds. The molecule has 3 heterocycles. The Labute approximate surface area is 158 Å². The molecule has 0 radical (unpaired) electrons. The first kappa shape index (κ1) is 17.7. The van der Waals surface area contributed by atoms with Gasteiger partial charge >= 0.3 is 5.69 Å². The maximum atomic E-state index is 11.7. The van der Waals surface area contributed by atoms with Crippen LogP contribution in [0.1, 0.15) is 31.2 Å². The van der Waals surface area contributed by atoms with Crippen molar-refractivity contribution in [3.8, 4) is 5.69 Å². The topological polar surface area (TPSA) is 71.7 Å². The lowest BCUT2D eigenvalue weighted by Crippen LogP contribution is -2.34. The van der Waals surface area contributed by atoms with Crippen LogP contribution in [0.4, 0.5) is 0 Å². The number of nitrogens with one attached hydrogen (secondary N) is 1. The molecule has 0 bridgehead atoms. The minimum absolute atomic E-state index is 0.0954. The number of aromatic nitrogens is 5. The highest BCUT2D eigenvalue weighted by Gasteiger charge is 2.22. The molecular formula is C20H26N6O. The Morgan fingerprint density at radius 3 is 2.81 bits per heavy atom. The largest absolute Gasteiger partial charge is 0.343 e. The van der Waals surface area contributed by atoms with Gasteiger partial charge in [-0.15, -0.1) is 0 Å². The van der Waals surface area contributed by atoms with E-state index in [-0.39, 0.29) is 5.69 Å². The molecule has 1 aromatic carbocycles. The summed E-state index contributed by atoms with van der Waals surface area (Å²) >= 11 is 0. The fourth-order valence-electron chi connectivity index (χ4n) is 3.92. The summed E-state index contributed by atoms with van der Waals surface area (Å²) in [5.41, 5.74) is 2.32. The van der Waals surface area contributed by atoms with Crippen LogP contribution >= 0.6 is 0 Å². The molecule has 0 aliphatic carbocycles. The Morgan fingerprint density at radius 1 is 1.22 bits per heavy atom. The highest BCUT2D eigenvalue weighted by Crippen LogP contribution is 2.22. The quantitative estimate of drug-likeness (QED) is 0.726.